The van der Waals surface area contributed by atoms with Crippen LogP contribution in [-0.4, -0.2) is 69.7 Å². The van der Waals surface area contributed by atoms with Gasteiger partial charge in [-0.05, 0) is 48.9 Å². The molecule has 7 nitrogen and oxygen atoms in total. The van der Waals surface area contributed by atoms with E-state index in [0.29, 0.717) is 24.5 Å². The molecule has 188 valence electrons. The molecule has 0 radical (unpaired) electrons. The molecule has 0 saturated carbocycles. The molecule has 0 fully saturated rings. The van der Waals surface area contributed by atoms with Crippen LogP contribution < -0.4 is 4.74 Å². The van der Waals surface area contributed by atoms with Crippen LogP contribution in [0, 0.1) is 5.92 Å². The van der Waals surface area contributed by atoms with E-state index in [2.05, 4.69) is 28.8 Å². The van der Waals surface area contributed by atoms with Crippen molar-refractivity contribution in [2.75, 3.05) is 26.7 Å². The van der Waals surface area contributed by atoms with Crippen LogP contribution in [0.25, 0.3) is 12.2 Å². The Balaban J connectivity index is 1.61. The fraction of sp³-hybridized carbons (Fsp3) is 0.345. The summed E-state index contributed by atoms with van der Waals surface area (Å²) >= 11 is 0. The first-order valence-corrected chi connectivity index (χ1v) is 12.3. The van der Waals surface area contributed by atoms with Gasteiger partial charge in [-0.25, -0.2) is 4.98 Å². The van der Waals surface area contributed by atoms with Crippen LogP contribution >= 0.6 is 0 Å². The number of amides is 1. The van der Waals surface area contributed by atoms with Gasteiger partial charge in [-0.1, -0.05) is 49.4 Å². The van der Waals surface area contributed by atoms with Crippen molar-refractivity contribution >= 4 is 18.1 Å². The molecule has 4 rings (SSSR count). The molecule has 36 heavy (non-hydrogen) atoms. The van der Waals surface area contributed by atoms with Gasteiger partial charge in [-0.3, -0.25) is 14.7 Å². The smallest absolute Gasteiger partial charge is 0.259 e. The van der Waals surface area contributed by atoms with E-state index in [1.165, 1.54) is 5.56 Å². The van der Waals surface area contributed by atoms with E-state index in [1.54, 1.807) is 23.5 Å². The molecular formula is C29H34N4O3. The minimum Gasteiger partial charge on any atom is -0.472 e. The van der Waals surface area contributed by atoms with Gasteiger partial charge in [-0.2, -0.15) is 0 Å². The topological polar surface area (TPSA) is 78.8 Å². The number of aliphatic hydroxyl groups is 1. The number of pyridine rings is 2. The molecule has 3 aromatic rings. The molecule has 1 aliphatic heterocycles. The molecule has 0 aliphatic carbocycles. The lowest BCUT2D eigenvalue weighted by molar-refractivity contribution is 0.0325. The van der Waals surface area contributed by atoms with Gasteiger partial charge in [-0.15, -0.1) is 0 Å². The molecule has 2 aromatic heterocycles. The number of aliphatic hydroxyl groups excluding tert-OH is 1. The summed E-state index contributed by atoms with van der Waals surface area (Å²) in [4.78, 5) is 26.2. The van der Waals surface area contributed by atoms with Crippen molar-refractivity contribution in [3.8, 4) is 5.88 Å². The zero-order valence-corrected chi connectivity index (χ0v) is 21.1. The number of likely N-dealkylation sites (N-methyl/N-ethyl adjacent to an activating group) is 1. The number of ether oxygens (including phenoxy) is 1. The fourth-order valence-electron chi connectivity index (χ4n) is 4.36. The van der Waals surface area contributed by atoms with Gasteiger partial charge in [0.05, 0.1) is 12.6 Å². The van der Waals surface area contributed by atoms with Gasteiger partial charge in [0.15, 0.2) is 0 Å². The SMILES string of the molecule is C[C@@H]1CN([C@H](C)CO)C(=O)c2cc(/C=C/c3ccccc3)cnc2O[C@@H]1CN(C)Cc1ccncc1. The quantitative estimate of drug-likeness (QED) is 0.519. The summed E-state index contributed by atoms with van der Waals surface area (Å²) < 4.78 is 6.41. The summed E-state index contributed by atoms with van der Waals surface area (Å²) in [6, 6.07) is 15.5. The lowest BCUT2D eigenvalue weighted by Gasteiger charge is -2.37. The zero-order chi connectivity index (χ0) is 25.5. The number of hydrogen-bond acceptors (Lipinski definition) is 6. The number of carbonyl (C=O) groups is 1. The van der Waals surface area contributed by atoms with E-state index in [9.17, 15) is 9.90 Å². The molecule has 1 N–H and O–H groups in total. The van der Waals surface area contributed by atoms with E-state index in [4.69, 9.17) is 4.74 Å². The molecule has 0 spiro atoms. The normalized spacial score (nSPS) is 19.0. The van der Waals surface area contributed by atoms with Crippen molar-refractivity contribution in [3.63, 3.8) is 0 Å². The van der Waals surface area contributed by atoms with Crippen molar-refractivity contribution in [2.24, 2.45) is 5.92 Å². The maximum Gasteiger partial charge on any atom is 0.259 e. The standard InChI is InChI=1S/C29H34N4O3/c1-21-17-33(22(2)20-34)29(35)26-15-25(10-9-23-7-5-4-6-8-23)16-31-28(26)36-27(21)19-32(3)18-24-11-13-30-14-12-24/h4-16,21-22,27,34H,17-20H2,1-3H3/b10-9+/t21-,22-,27-/m1/s1. The van der Waals surface area contributed by atoms with Crippen LogP contribution in [0.2, 0.25) is 0 Å². The minimum atomic E-state index is -0.315. The Morgan fingerprint density at radius 2 is 1.89 bits per heavy atom. The number of rotatable bonds is 8. The summed E-state index contributed by atoms with van der Waals surface area (Å²) in [6.45, 7) is 5.74. The summed E-state index contributed by atoms with van der Waals surface area (Å²) in [5.74, 6) is 0.195. The van der Waals surface area contributed by atoms with Crippen LogP contribution in [0.3, 0.4) is 0 Å². The highest BCUT2D eigenvalue weighted by Gasteiger charge is 2.34. The highest BCUT2D eigenvalue weighted by molar-refractivity contribution is 5.97. The Bertz CT molecular complexity index is 1170. The average molecular weight is 487 g/mol. The monoisotopic (exact) mass is 486 g/mol. The second-order valence-electron chi connectivity index (χ2n) is 9.54. The van der Waals surface area contributed by atoms with E-state index in [1.807, 2.05) is 67.6 Å². The molecule has 1 aromatic carbocycles. The predicted octanol–water partition coefficient (Wildman–Crippen LogP) is 4.00. The van der Waals surface area contributed by atoms with Crippen LogP contribution in [0.4, 0.5) is 0 Å². The van der Waals surface area contributed by atoms with Crippen LogP contribution in [0.15, 0.2) is 67.1 Å². The number of benzene rings is 1. The Morgan fingerprint density at radius 1 is 1.17 bits per heavy atom. The third kappa shape index (κ3) is 6.36. The lowest BCUT2D eigenvalue weighted by atomic mass is 9.99. The molecule has 3 heterocycles. The number of nitrogens with zero attached hydrogens (tertiary/aromatic N) is 4. The molecule has 0 bridgehead atoms. The highest BCUT2D eigenvalue weighted by Crippen LogP contribution is 2.28. The van der Waals surface area contributed by atoms with E-state index in [0.717, 1.165) is 17.7 Å². The second-order valence-corrected chi connectivity index (χ2v) is 9.54. The summed E-state index contributed by atoms with van der Waals surface area (Å²) in [5.41, 5.74) is 3.46. The Hall–Kier alpha value is -3.55. The minimum absolute atomic E-state index is 0.0374. The van der Waals surface area contributed by atoms with Gasteiger partial charge >= 0.3 is 0 Å². The average Bonchev–Trinajstić information content (AvgIpc) is 2.90. The van der Waals surface area contributed by atoms with Gasteiger partial charge in [0.1, 0.15) is 11.7 Å². The zero-order valence-electron chi connectivity index (χ0n) is 21.1. The van der Waals surface area contributed by atoms with Gasteiger partial charge in [0, 0.05) is 44.1 Å². The third-order valence-corrected chi connectivity index (χ3v) is 6.50. The predicted molar refractivity (Wildman–Crippen MR) is 141 cm³/mol. The van der Waals surface area contributed by atoms with E-state index >= 15 is 0 Å². The molecular weight excluding hydrogens is 452 g/mol. The molecule has 3 atom stereocenters. The number of aromatic nitrogens is 2. The molecule has 7 heteroatoms. The Labute approximate surface area is 213 Å². The summed E-state index contributed by atoms with van der Waals surface area (Å²) in [6.07, 6.45) is 9.07. The lowest BCUT2D eigenvalue weighted by Crippen LogP contribution is -2.49. The van der Waals surface area contributed by atoms with Crippen LogP contribution in [0.1, 0.15) is 40.9 Å². The number of hydrogen-bond donors (Lipinski definition) is 1. The fourth-order valence-corrected chi connectivity index (χ4v) is 4.36. The van der Waals surface area contributed by atoms with Gasteiger partial charge in [0.25, 0.3) is 5.91 Å². The maximum absolute atomic E-state index is 13.6. The van der Waals surface area contributed by atoms with Crippen molar-refractivity contribution in [2.45, 2.75) is 32.5 Å². The van der Waals surface area contributed by atoms with Crippen LogP contribution in [0.5, 0.6) is 5.88 Å². The third-order valence-electron chi connectivity index (χ3n) is 6.50. The molecule has 0 unspecified atom stereocenters. The summed E-state index contributed by atoms with van der Waals surface area (Å²) in [7, 11) is 2.06. The molecule has 1 amide bonds. The van der Waals surface area contributed by atoms with Gasteiger partial charge < -0.3 is 14.7 Å². The largest absolute Gasteiger partial charge is 0.472 e. The number of carbonyl (C=O) groups excluding carboxylic acids is 1. The second kappa shape index (κ2) is 11.9. The molecule has 1 aliphatic rings. The first-order chi connectivity index (χ1) is 17.4. The first-order valence-electron chi connectivity index (χ1n) is 12.3. The van der Waals surface area contributed by atoms with Crippen molar-refractivity contribution in [3.05, 3.63) is 89.4 Å². The maximum atomic E-state index is 13.6. The summed E-state index contributed by atoms with van der Waals surface area (Å²) in [5, 5.41) is 9.88. The Morgan fingerprint density at radius 3 is 2.61 bits per heavy atom. The highest BCUT2D eigenvalue weighted by atomic mass is 16.5. The van der Waals surface area contributed by atoms with Crippen molar-refractivity contribution in [1.82, 2.24) is 19.8 Å². The van der Waals surface area contributed by atoms with Crippen molar-refractivity contribution < 1.29 is 14.6 Å². The molecule has 0 saturated heterocycles. The Kier molecular flexibility index (Phi) is 8.46. The number of fused-ring (bicyclic) bond motifs is 1. The van der Waals surface area contributed by atoms with Crippen LogP contribution in [-0.2, 0) is 6.54 Å². The van der Waals surface area contributed by atoms with Gasteiger partial charge in [0.2, 0.25) is 5.88 Å². The van der Waals surface area contributed by atoms with E-state index in [-0.39, 0.29) is 30.6 Å². The van der Waals surface area contributed by atoms with Crippen molar-refractivity contribution in [1.29, 1.82) is 0 Å². The van der Waals surface area contributed by atoms with E-state index < -0.39 is 0 Å². The first kappa shape index (κ1) is 25.5.